The lowest BCUT2D eigenvalue weighted by Crippen LogP contribution is -2.71. The van der Waals surface area contributed by atoms with E-state index < -0.39 is 108 Å². The summed E-state index contributed by atoms with van der Waals surface area (Å²) in [4.78, 5) is 87.2. The van der Waals surface area contributed by atoms with E-state index in [2.05, 4.69) is 4.74 Å². The monoisotopic (exact) mass is 767 g/mol. The molecule has 1 aromatic rings. The van der Waals surface area contributed by atoms with E-state index in [1.165, 1.54) is 13.2 Å². The fraction of sp³-hybridized carbons (Fsp3) is 0.559. The summed E-state index contributed by atoms with van der Waals surface area (Å²) >= 11 is 0. The van der Waals surface area contributed by atoms with Crippen molar-refractivity contribution in [1.29, 1.82) is 0 Å². The highest BCUT2D eigenvalue weighted by atomic mass is 16.6. The Morgan fingerprint density at radius 3 is 2.17 bits per heavy atom. The second-order valence-electron chi connectivity index (χ2n) is 13.2. The third-order valence-electron chi connectivity index (χ3n) is 9.95. The molecule has 3 aliphatic rings. The molecule has 0 amide bonds. The van der Waals surface area contributed by atoms with Crippen molar-refractivity contribution >= 4 is 41.8 Å². The number of benzene rings is 1. The van der Waals surface area contributed by atoms with Crippen LogP contribution in [0, 0.1) is 6.92 Å². The molecule has 1 spiro atoms. The van der Waals surface area contributed by atoms with Gasteiger partial charge in [-0.1, -0.05) is 6.07 Å². The van der Waals surface area contributed by atoms with Gasteiger partial charge in [0.05, 0.1) is 31.0 Å². The molecule has 0 aromatic heterocycles. The van der Waals surface area contributed by atoms with E-state index >= 15 is 0 Å². The summed E-state index contributed by atoms with van der Waals surface area (Å²) in [7, 11) is 3.29. The molecule has 6 N–H and O–H groups in total. The molecule has 9 atom stereocenters. The Balaban J connectivity index is 1.62. The van der Waals surface area contributed by atoms with Crippen molar-refractivity contribution in [2.24, 2.45) is 0 Å². The fourth-order valence-corrected chi connectivity index (χ4v) is 7.00. The molecule has 1 fully saturated rings. The van der Waals surface area contributed by atoms with Gasteiger partial charge in [-0.3, -0.25) is 9.59 Å². The maximum Gasteiger partial charge on any atom is 0.348 e. The van der Waals surface area contributed by atoms with Crippen molar-refractivity contribution in [1.82, 2.24) is 4.90 Å². The molecule has 4 rings (SSSR count). The molecule has 0 unspecified atom stereocenters. The molecule has 20 nitrogen and oxygen atoms in total. The number of likely N-dealkylation sites (N-methyl/N-ethyl adjacent to an activating group) is 1. The van der Waals surface area contributed by atoms with Gasteiger partial charge in [0.15, 0.2) is 35.9 Å². The number of aryl methyl sites for hydroxylation is 1. The van der Waals surface area contributed by atoms with Gasteiger partial charge < -0.3 is 64.0 Å². The Morgan fingerprint density at radius 2 is 1.57 bits per heavy atom. The lowest BCUT2D eigenvalue weighted by molar-refractivity contribution is -0.189. The van der Waals surface area contributed by atoms with Crippen LogP contribution in [0.1, 0.15) is 50.7 Å². The predicted octanol–water partition coefficient (Wildman–Crippen LogP) is -1.20. The van der Waals surface area contributed by atoms with Gasteiger partial charge in [0.1, 0.15) is 5.76 Å². The van der Waals surface area contributed by atoms with Crippen LogP contribution in [0.5, 0.6) is 11.5 Å². The number of hydrogen-bond acceptors (Lipinski definition) is 17. The number of aliphatic hydroxyl groups excluding tert-OH is 2. The molecule has 54 heavy (non-hydrogen) atoms. The van der Waals surface area contributed by atoms with Crippen molar-refractivity contribution in [3.63, 3.8) is 0 Å². The first-order valence-electron chi connectivity index (χ1n) is 16.5. The second-order valence-corrected chi connectivity index (χ2v) is 13.2. The summed E-state index contributed by atoms with van der Waals surface area (Å²) < 4.78 is 32.0. The number of rotatable bonds is 15. The van der Waals surface area contributed by atoms with Gasteiger partial charge in [-0.05, 0) is 58.5 Å². The van der Waals surface area contributed by atoms with Crippen molar-refractivity contribution in [2.75, 3.05) is 20.7 Å². The normalized spacial score (nSPS) is 25.7. The number of piperidine rings is 1. The van der Waals surface area contributed by atoms with Crippen LogP contribution in [0.15, 0.2) is 24.0 Å². The van der Waals surface area contributed by atoms with Gasteiger partial charge in [-0.2, -0.15) is 0 Å². The fourth-order valence-electron chi connectivity index (χ4n) is 7.00. The molecule has 2 aliphatic heterocycles. The Bertz CT molecular complexity index is 1740. The highest BCUT2D eigenvalue weighted by molar-refractivity contribution is 5.90. The predicted molar refractivity (Wildman–Crippen MR) is 174 cm³/mol. The number of nitrogens with zero attached hydrogens (tertiary/aromatic N) is 1. The molecule has 296 valence electrons. The molecule has 0 saturated carbocycles. The molecule has 20 heteroatoms. The van der Waals surface area contributed by atoms with E-state index in [1.54, 1.807) is 12.1 Å². The Kier molecular flexibility index (Phi) is 12.3. The van der Waals surface area contributed by atoms with Crippen LogP contribution in [-0.2, 0) is 57.9 Å². The quantitative estimate of drug-likeness (QED) is 0.0902. The average Bonchev–Trinajstić information content (AvgIpc) is 3.47. The number of hydrogen-bond donors (Lipinski definition) is 6. The lowest BCUT2D eigenvalue weighted by atomic mass is 9.54. The van der Waals surface area contributed by atoms with E-state index in [0.717, 1.165) is 12.5 Å². The standard InChI is InChI=1S/C34H41NO19/c1-14-6-7-17(49-5)26-23(14)33-10-11-35(4)16(3)34(33,48)9-8-18(27(33)54-26)51-22(38)13-20(53-32(47)25(40)24(39)29(43)44)31(46)50-15(2)30(45)52-19(28(41)42)12-21(36)37/h6-8,15-16,19-20,24-25,27,39-40,48H,9-13H2,1-5H3,(H,36,37)(H,41,42)(H,43,44)/t15-,16+,19+,20-,24+,25+,27-,33-,34+/m0/s1. The maximum atomic E-state index is 13.5. The third-order valence-corrected chi connectivity index (χ3v) is 9.95. The molecule has 1 saturated heterocycles. The molecule has 1 aromatic carbocycles. The van der Waals surface area contributed by atoms with Crippen LogP contribution in [0.25, 0.3) is 0 Å². The molecule has 2 heterocycles. The van der Waals surface area contributed by atoms with Crippen molar-refractivity contribution in [2.45, 2.75) is 100 Å². The van der Waals surface area contributed by atoms with Gasteiger partial charge in [-0.25, -0.2) is 24.0 Å². The second kappa shape index (κ2) is 16.0. The van der Waals surface area contributed by atoms with Crippen molar-refractivity contribution < 1.29 is 92.6 Å². The Hall–Kier alpha value is -5.31. The summed E-state index contributed by atoms with van der Waals surface area (Å²) in [5.74, 6) is -11.3. The highest BCUT2D eigenvalue weighted by Gasteiger charge is 2.69. The number of carboxylic acid groups (broad SMARTS) is 3. The van der Waals surface area contributed by atoms with E-state index in [9.17, 15) is 48.9 Å². The molecular formula is C34H41NO19. The summed E-state index contributed by atoms with van der Waals surface area (Å²) in [6.07, 6.45) is -13.8. The third kappa shape index (κ3) is 7.68. The average molecular weight is 768 g/mol. The summed E-state index contributed by atoms with van der Waals surface area (Å²) in [6.45, 7) is 5.05. The SMILES string of the molecule is COc1ccc(C)c2c1O[C@H]1C(OC(=O)C[C@H](OC(=O)[C@H](O)[C@@H](O)C(=O)O)C(=O)O[C@@H](C)C(=O)O[C@H](CC(=O)O)C(=O)O)=CC[C@@]3(O)[C@@H](C)N(C)CC[C@]213. The molecular weight excluding hydrogens is 726 g/mol. The number of fused-ring (bicyclic) bond motifs is 1. The Morgan fingerprint density at radius 1 is 0.926 bits per heavy atom. The number of ether oxygens (including phenoxy) is 6. The van der Waals surface area contributed by atoms with Gasteiger partial charge in [0.2, 0.25) is 12.2 Å². The van der Waals surface area contributed by atoms with E-state index in [-0.39, 0.29) is 12.2 Å². The summed E-state index contributed by atoms with van der Waals surface area (Å²) in [6, 6.07) is 3.06. The minimum absolute atomic E-state index is 0.0321. The first kappa shape index (κ1) is 41.4. The molecule has 0 radical (unpaired) electrons. The topological polar surface area (TPSA) is 299 Å². The number of carbonyl (C=O) groups is 7. The highest BCUT2D eigenvalue weighted by Crippen LogP contribution is 2.62. The van der Waals surface area contributed by atoms with Gasteiger partial charge >= 0.3 is 41.8 Å². The Labute approximate surface area is 306 Å². The smallest absolute Gasteiger partial charge is 0.348 e. The number of aliphatic carboxylic acids is 3. The van der Waals surface area contributed by atoms with E-state index in [4.69, 9.17) is 39.0 Å². The van der Waals surface area contributed by atoms with Crippen LogP contribution in [0.4, 0.5) is 0 Å². The lowest BCUT2D eigenvalue weighted by Gasteiger charge is -2.58. The number of likely N-dealkylation sites (tertiary alicyclic amines) is 1. The number of carbonyl (C=O) groups excluding carboxylic acids is 4. The minimum Gasteiger partial charge on any atom is -0.493 e. The largest absolute Gasteiger partial charge is 0.493 e. The van der Waals surface area contributed by atoms with Gasteiger partial charge in [0, 0.05) is 18.0 Å². The first-order chi connectivity index (χ1) is 25.2. The first-order valence-corrected chi connectivity index (χ1v) is 16.5. The maximum absolute atomic E-state index is 13.5. The van der Waals surface area contributed by atoms with E-state index in [1.807, 2.05) is 25.8 Å². The van der Waals surface area contributed by atoms with Crippen LogP contribution >= 0.6 is 0 Å². The van der Waals surface area contributed by atoms with Crippen LogP contribution in [-0.4, -0.2) is 146 Å². The number of aliphatic hydroxyl groups is 3. The van der Waals surface area contributed by atoms with E-state index in [0.29, 0.717) is 30.0 Å². The zero-order valence-corrected chi connectivity index (χ0v) is 29.7. The summed E-state index contributed by atoms with van der Waals surface area (Å²) in [5.41, 5.74) is -1.23. The van der Waals surface area contributed by atoms with Crippen molar-refractivity contribution in [3.05, 3.63) is 35.1 Å². The van der Waals surface area contributed by atoms with Crippen LogP contribution < -0.4 is 9.47 Å². The zero-order chi connectivity index (χ0) is 40.4. The van der Waals surface area contributed by atoms with Gasteiger partial charge in [0.25, 0.3) is 0 Å². The number of methoxy groups -OCH3 is 1. The number of esters is 4. The van der Waals surface area contributed by atoms with Crippen LogP contribution in [0.3, 0.4) is 0 Å². The molecule has 1 aliphatic carbocycles. The number of carboxylic acids is 3. The summed E-state index contributed by atoms with van der Waals surface area (Å²) in [5, 5.41) is 59.1. The molecule has 0 bridgehead atoms. The van der Waals surface area contributed by atoms with Crippen molar-refractivity contribution in [3.8, 4) is 11.5 Å². The van der Waals surface area contributed by atoms with Gasteiger partial charge in [-0.15, -0.1) is 0 Å². The van der Waals surface area contributed by atoms with Crippen LogP contribution in [0.2, 0.25) is 0 Å². The minimum atomic E-state index is -2.77. The zero-order valence-electron chi connectivity index (χ0n) is 29.7.